The van der Waals surface area contributed by atoms with E-state index in [1.807, 2.05) is 0 Å². The largest absolute Gasteiger partial charge is 0.465 e. The van der Waals surface area contributed by atoms with Gasteiger partial charge in [-0.2, -0.15) is 0 Å². The van der Waals surface area contributed by atoms with Crippen molar-refractivity contribution in [3.8, 4) is 0 Å². The summed E-state index contributed by atoms with van der Waals surface area (Å²) >= 11 is 14.9. The van der Waals surface area contributed by atoms with Gasteiger partial charge in [-0.15, -0.1) is 23.2 Å². The first kappa shape index (κ1) is 19.6. The zero-order valence-corrected chi connectivity index (χ0v) is 15.7. The third-order valence-corrected chi connectivity index (χ3v) is 3.86. The summed E-state index contributed by atoms with van der Waals surface area (Å²) in [6.45, 7) is 2.00. The second-order valence-electron chi connectivity index (χ2n) is 4.79. The molecule has 6 heteroatoms. The van der Waals surface area contributed by atoms with Crippen molar-refractivity contribution in [1.82, 2.24) is 0 Å². The average molecular weight is 411 g/mol. The molecule has 0 amide bonds. The molecule has 22 heavy (non-hydrogen) atoms. The molecular formula is C16H22BrCl2NO2. The summed E-state index contributed by atoms with van der Waals surface area (Å²) in [6, 6.07) is 8.35. The molecule has 0 aliphatic rings. The van der Waals surface area contributed by atoms with E-state index in [2.05, 4.69) is 45.1 Å². The molecule has 0 unspecified atom stereocenters. The number of alkyl halides is 3. The number of aryl methyl sites for hydroxylation is 1. The number of ether oxygens (including phenoxy) is 1. The molecule has 0 aliphatic heterocycles. The maximum Gasteiger partial charge on any atom is 0.305 e. The Kier molecular flexibility index (Phi) is 10.7. The van der Waals surface area contributed by atoms with Crippen LogP contribution in [0.4, 0.5) is 5.69 Å². The molecule has 0 bridgehead atoms. The lowest BCUT2D eigenvalue weighted by Crippen LogP contribution is -2.27. The van der Waals surface area contributed by atoms with Crippen LogP contribution in [0.5, 0.6) is 0 Å². The lowest BCUT2D eigenvalue weighted by atomic mass is 10.1. The normalized spacial score (nSPS) is 10.5. The summed E-state index contributed by atoms with van der Waals surface area (Å²) in [7, 11) is 0. The number of esters is 1. The van der Waals surface area contributed by atoms with Crippen LogP contribution in [0.3, 0.4) is 0 Å². The Labute approximate surface area is 151 Å². The van der Waals surface area contributed by atoms with E-state index < -0.39 is 0 Å². The number of carbonyl (C=O) groups is 1. The van der Waals surface area contributed by atoms with Crippen molar-refractivity contribution in [2.45, 2.75) is 19.3 Å². The number of carbonyl (C=O) groups excluding carboxylic acids is 1. The minimum Gasteiger partial charge on any atom is -0.465 e. The van der Waals surface area contributed by atoms with Gasteiger partial charge in [0.1, 0.15) is 6.61 Å². The Morgan fingerprint density at radius 2 is 1.77 bits per heavy atom. The zero-order valence-electron chi connectivity index (χ0n) is 12.6. The Bertz CT molecular complexity index is 423. The molecular weight excluding hydrogens is 389 g/mol. The van der Waals surface area contributed by atoms with Gasteiger partial charge in [-0.3, -0.25) is 4.79 Å². The molecule has 1 rings (SSSR count). The first-order chi connectivity index (χ1) is 10.7. The predicted octanol–water partition coefficient (Wildman–Crippen LogP) is 4.23. The standard InChI is InChI=1S/C16H22BrCl2NO2/c17-8-13-22-16(21)3-1-2-14-4-6-15(7-5-14)20(11-9-18)12-10-19/h4-7H,1-3,8-13H2. The van der Waals surface area contributed by atoms with Crippen LogP contribution in [0.1, 0.15) is 18.4 Å². The molecule has 1 aromatic carbocycles. The summed E-state index contributed by atoms with van der Waals surface area (Å²) in [5.41, 5.74) is 2.34. The second-order valence-corrected chi connectivity index (χ2v) is 6.34. The van der Waals surface area contributed by atoms with E-state index in [1.54, 1.807) is 0 Å². The number of hydrogen-bond acceptors (Lipinski definition) is 3. The van der Waals surface area contributed by atoms with Gasteiger partial charge in [0.25, 0.3) is 0 Å². The van der Waals surface area contributed by atoms with Gasteiger partial charge < -0.3 is 9.64 Å². The lowest BCUT2D eigenvalue weighted by Gasteiger charge is -2.23. The molecule has 0 saturated carbocycles. The topological polar surface area (TPSA) is 29.5 Å². The van der Waals surface area contributed by atoms with Crippen molar-refractivity contribution < 1.29 is 9.53 Å². The van der Waals surface area contributed by atoms with Crippen LogP contribution >= 0.6 is 39.1 Å². The van der Waals surface area contributed by atoms with Crippen LogP contribution in [0.2, 0.25) is 0 Å². The van der Waals surface area contributed by atoms with Crippen molar-refractivity contribution in [2.75, 3.05) is 41.7 Å². The van der Waals surface area contributed by atoms with Gasteiger partial charge in [-0.1, -0.05) is 28.1 Å². The van der Waals surface area contributed by atoms with E-state index in [9.17, 15) is 4.79 Å². The predicted molar refractivity (Wildman–Crippen MR) is 97.8 cm³/mol. The second kappa shape index (κ2) is 12.0. The maximum atomic E-state index is 11.4. The molecule has 124 valence electrons. The molecule has 0 atom stereocenters. The van der Waals surface area contributed by atoms with Gasteiger partial charge in [0.2, 0.25) is 0 Å². The fourth-order valence-electron chi connectivity index (χ4n) is 2.11. The number of benzene rings is 1. The summed E-state index contributed by atoms with van der Waals surface area (Å²) in [6.07, 6.45) is 2.13. The maximum absolute atomic E-state index is 11.4. The molecule has 1 aromatic rings. The Hall–Kier alpha value is -0.450. The first-order valence-electron chi connectivity index (χ1n) is 7.38. The van der Waals surface area contributed by atoms with Crippen LogP contribution in [0.15, 0.2) is 24.3 Å². The molecule has 0 saturated heterocycles. The van der Waals surface area contributed by atoms with Crippen molar-refractivity contribution >= 4 is 50.8 Å². The van der Waals surface area contributed by atoms with Gasteiger partial charge in [-0.25, -0.2) is 0 Å². The minimum atomic E-state index is -0.133. The molecule has 0 aromatic heterocycles. The van der Waals surface area contributed by atoms with E-state index in [-0.39, 0.29) is 5.97 Å². The minimum absolute atomic E-state index is 0.133. The van der Waals surface area contributed by atoms with Gasteiger partial charge in [-0.05, 0) is 30.5 Å². The Balaban J connectivity index is 2.42. The summed E-state index contributed by atoms with van der Waals surface area (Å²) < 4.78 is 5.02. The summed E-state index contributed by atoms with van der Waals surface area (Å²) in [5, 5.41) is 0.682. The molecule has 0 heterocycles. The highest BCUT2D eigenvalue weighted by Crippen LogP contribution is 2.17. The van der Waals surface area contributed by atoms with Crippen LogP contribution in [0.25, 0.3) is 0 Å². The number of hydrogen-bond donors (Lipinski definition) is 0. The lowest BCUT2D eigenvalue weighted by molar-refractivity contribution is -0.143. The van der Waals surface area contributed by atoms with Crippen LogP contribution in [-0.4, -0.2) is 42.8 Å². The molecule has 3 nitrogen and oxygen atoms in total. The van der Waals surface area contributed by atoms with Crippen LogP contribution in [0, 0.1) is 0 Å². The number of rotatable bonds is 11. The molecule has 0 fully saturated rings. The summed E-state index contributed by atoms with van der Waals surface area (Å²) in [5.74, 6) is 1.02. The molecule has 0 aliphatic carbocycles. The van der Waals surface area contributed by atoms with E-state index in [1.165, 1.54) is 5.56 Å². The molecule has 0 spiro atoms. The fourth-order valence-corrected chi connectivity index (χ4v) is 2.68. The molecule has 0 N–H and O–H groups in total. The van der Waals surface area contributed by atoms with E-state index >= 15 is 0 Å². The van der Waals surface area contributed by atoms with Crippen LogP contribution < -0.4 is 4.90 Å². The third-order valence-electron chi connectivity index (χ3n) is 3.20. The zero-order chi connectivity index (χ0) is 16.2. The highest BCUT2D eigenvalue weighted by atomic mass is 79.9. The van der Waals surface area contributed by atoms with E-state index in [0.717, 1.165) is 31.6 Å². The fraction of sp³-hybridized carbons (Fsp3) is 0.562. The highest BCUT2D eigenvalue weighted by molar-refractivity contribution is 9.09. The Morgan fingerprint density at radius 3 is 2.32 bits per heavy atom. The van der Waals surface area contributed by atoms with Crippen molar-refractivity contribution in [1.29, 1.82) is 0 Å². The van der Waals surface area contributed by atoms with E-state index in [0.29, 0.717) is 30.1 Å². The monoisotopic (exact) mass is 409 g/mol. The number of anilines is 1. The van der Waals surface area contributed by atoms with E-state index in [4.69, 9.17) is 27.9 Å². The smallest absolute Gasteiger partial charge is 0.305 e. The van der Waals surface area contributed by atoms with Crippen LogP contribution in [-0.2, 0) is 16.0 Å². The Morgan fingerprint density at radius 1 is 1.14 bits per heavy atom. The van der Waals surface area contributed by atoms with Crippen molar-refractivity contribution in [2.24, 2.45) is 0 Å². The van der Waals surface area contributed by atoms with Gasteiger partial charge in [0, 0.05) is 42.3 Å². The quantitative estimate of drug-likeness (QED) is 0.403. The molecule has 0 radical (unpaired) electrons. The number of nitrogens with zero attached hydrogens (tertiary/aromatic N) is 1. The highest BCUT2D eigenvalue weighted by Gasteiger charge is 2.06. The average Bonchev–Trinajstić information content (AvgIpc) is 2.53. The van der Waals surface area contributed by atoms with Gasteiger partial charge in [0.05, 0.1) is 0 Å². The third kappa shape index (κ3) is 7.70. The van der Waals surface area contributed by atoms with Gasteiger partial charge in [0.15, 0.2) is 0 Å². The SMILES string of the molecule is O=C(CCCc1ccc(N(CCCl)CCCl)cc1)OCCBr. The first-order valence-corrected chi connectivity index (χ1v) is 9.57. The summed E-state index contributed by atoms with van der Waals surface area (Å²) in [4.78, 5) is 13.6. The van der Waals surface area contributed by atoms with Crippen molar-refractivity contribution in [3.05, 3.63) is 29.8 Å². The van der Waals surface area contributed by atoms with Crippen molar-refractivity contribution in [3.63, 3.8) is 0 Å². The number of halogens is 3. The van der Waals surface area contributed by atoms with Gasteiger partial charge >= 0.3 is 5.97 Å².